The first-order valence-corrected chi connectivity index (χ1v) is 4.51. The van der Waals surface area contributed by atoms with E-state index in [1.807, 2.05) is 0 Å². The van der Waals surface area contributed by atoms with Crippen molar-refractivity contribution in [3.05, 3.63) is 0 Å². The van der Waals surface area contributed by atoms with E-state index in [4.69, 9.17) is 0 Å². The molecule has 0 aromatic rings. The van der Waals surface area contributed by atoms with E-state index in [2.05, 4.69) is 25.0 Å². The van der Waals surface area contributed by atoms with Gasteiger partial charge in [-0.2, -0.15) is 0 Å². The Bertz CT molecular complexity index is 93.7. The highest BCUT2D eigenvalue weighted by molar-refractivity contribution is 7.12. The number of hydrogen-bond donors (Lipinski definition) is 0. The molecule has 1 saturated heterocycles. The highest BCUT2D eigenvalue weighted by Gasteiger charge is 2.11. The average Bonchev–Trinajstić information content (AvgIpc) is 1.87. The molecule has 37 valence electrons. The van der Waals surface area contributed by atoms with Crippen LogP contribution in [0.1, 0.15) is 0 Å². The summed E-state index contributed by atoms with van der Waals surface area (Å²) in [6, 6.07) is 1.33. The van der Waals surface area contributed by atoms with Gasteiger partial charge < -0.3 is 4.81 Å². The van der Waals surface area contributed by atoms with Crippen molar-refractivity contribution in [1.29, 1.82) is 0 Å². The molecule has 0 aromatic heterocycles. The molecule has 0 aromatic carbocycles. The Morgan fingerprint density at radius 2 is 2.57 bits per heavy atom. The highest BCUT2D eigenvalue weighted by Crippen LogP contribution is 1.95. The van der Waals surface area contributed by atoms with Gasteiger partial charge in [0.15, 0.2) is 0 Å². The van der Waals surface area contributed by atoms with E-state index in [0.717, 1.165) is 0 Å². The summed E-state index contributed by atoms with van der Waals surface area (Å²) in [5.74, 6) is 0. The summed E-state index contributed by atoms with van der Waals surface area (Å²) in [6.45, 7) is 1.23. The lowest BCUT2D eigenvalue weighted by atomic mass is 10.3. The van der Waals surface area contributed by atoms with E-state index < -0.39 is 0 Å². The van der Waals surface area contributed by atoms with Crippen molar-refractivity contribution < 1.29 is 0 Å². The smallest absolute Gasteiger partial charge is 0.217 e. The standard InChI is InChI=1S/C4H9BNSi/c1-6-3-4-7(2)5-6/h2-4H2,1H3. The maximum atomic E-state index is 3.99. The van der Waals surface area contributed by atoms with Crippen molar-refractivity contribution >= 4 is 21.5 Å². The molecule has 0 N–H and O–H groups in total. The molecule has 0 unspecified atom stereocenters. The minimum atomic E-state index is -0.255. The third-order valence-electron chi connectivity index (χ3n) is 1.19. The summed E-state index contributed by atoms with van der Waals surface area (Å²) >= 11 is 0. The molecule has 3 heteroatoms. The van der Waals surface area contributed by atoms with E-state index in [0.29, 0.717) is 0 Å². The van der Waals surface area contributed by atoms with Crippen LogP contribution in [0.5, 0.6) is 0 Å². The first-order chi connectivity index (χ1) is 3.29. The largest absolute Gasteiger partial charge is 0.349 e. The van der Waals surface area contributed by atoms with Crippen LogP contribution in [0, 0.1) is 0 Å². The Morgan fingerprint density at radius 1 is 1.86 bits per heavy atom. The van der Waals surface area contributed by atoms with Gasteiger partial charge in [-0.1, -0.05) is 0 Å². The number of hydrogen-bond acceptors (Lipinski definition) is 1. The van der Waals surface area contributed by atoms with Gasteiger partial charge in [-0.05, 0) is 27.9 Å². The van der Waals surface area contributed by atoms with Crippen molar-refractivity contribution in [3.63, 3.8) is 0 Å². The van der Waals surface area contributed by atoms with Gasteiger partial charge in [0, 0.05) is 0 Å². The fraction of sp³-hybridized carbons (Fsp3) is 0.750. The molecule has 1 aliphatic heterocycles. The van der Waals surface area contributed by atoms with Crippen LogP contribution < -0.4 is 0 Å². The van der Waals surface area contributed by atoms with Crippen LogP contribution in [0.3, 0.4) is 0 Å². The predicted molar refractivity (Wildman–Crippen MR) is 36.1 cm³/mol. The van der Waals surface area contributed by atoms with Crippen molar-refractivity contribution in [2.75, 3.05) is 13.6 Å². The Hall–Kier alpha value is 0.112. The molecule has 1 radical (unpaired) electrons. The lowest BCUT2D eigenvalue weighted by Crippen LogP contribution is -2.19. The molecule has 0 saturated carbocycles. The number of rotatable bonds is 0. The summed E-state index contributed by atoms with van der Waals surface area (Å²) in [5, 5.41) is 0. The van der Waals surface area contributed by atoms with E-state index in [9.17, 15) is 0 Å². The third-order valence-corrected chi connectivity index (χ3v) is 2.86. The Balaban J connectivity index is 2.40. The van der Waals surface area contributed by atoms with E-state index in [-0.39, 0.29) is 8.28 Å². The van der Waals surface area contributed by atoms with E-state index >= 15 is 0 Å². The Labute approximate surface area is 46.8 Å². The predicted octanol–water partition coefficient (Wildman–Crippen LogP) is -0.444. The molecule has 1 aliphatic rings. The van der Waals surface area contributed by atoms with Crippen LogP contribution in [0.2, 0.25) is 6.04 Å². The third kappa shape index (κ3) is 1.24. The Kier molecular flexibility index (Phi) is 1.44. The zero-order valence-electron chi connectivity index (χ0n) is 4.65. The minimum Gasteiger partial charge on any atom is -0.349 e. The second-order valence-corrected chi connectivity index (χ2v) is 4.09. The van der Waals surface area contributed by atoms with Crippen LogP contribution in [0.25, 0.3) is 0 Å². The quantitative estimate of drug-likeness (QED) is 0.382. The maximum absolute atomic E-state index is 3.99. The van der Waals surface area contributed by atoms with Crippen LogP contribution in [0.4, 0.5) is 0 Å². The van der Waals surface area contributed by atoms with Gasteiger partial charge in [-0.3, -0.25) is 0 Å². The van der Waals surface area contributed by atoms with E-state index in [1.165, 1.54) is 12.6 Å². The lowest BCUT2D eigenvalue weighted by Gasteiger charge is -2.00. The fourth-order valence-corrected chi connectivity index (χ4v) is 2.28. The van der Waals surface area contributed by atoms with Crippen LogP contribution >= 0.6 is 0 Å². The molecule has 1 heterocycles. The first kappa shape index (κ1) is 5.25. The molecule has 1 fully saturated rings. The van der Waals surface area contributed by atoms with Gasteiger partial charge in [0.1, 0.15) is 0 Å². The van der Waals surface area contributed by atoms with E-state index in [1.54, 1.807) is 0 Å². The fourth-order valence-electron chi connectivity index (χ4n) is 0.761. The van der Waals surface area contributed by atoms with Crippen LogP contribution in [-0.4, -0.2) is 39.9 Å². The molecule has 0 bridgehead atoms. The molecule has 0 aliphatic carbocycles. The van der Waals surface area contributed by atoms with Gasteiger partial charge in [0.05, 0.1) is 0 Å². The minimum absolute atomic E-state index is 0.255. The summed E-state index contributed by atoms with van der Waals surface area (Å²) in [7, 11) is 4.13. The average molecular weight is 110 g/mol. The molecular weight excluding hydrogens is 101 g/mol. The molecule has 1 rings (SSSR count). The molecule has 0 atom stereocenters. The summed E-state index contributed by atoms with van der Waals surface area (Å²) in [6.07, 6.45) is 3.99. The van der Waals surface area contributed by atoms with Crippen molar-refractivity contribution in [2.45, 2.75) is 6.04 Å². The molecular formula is C4H9BNSi. The Morgan fingerprint density at radius 3 is 2.71 bits per heavy atom. The topological polar surface area (TPSA) is 3.24 Å². The lowest BCUT2D eigenvalue weighted by molar-refractivity contribution is 0.590. The summed E-state index contributed by atoms with van der Waals surface area (Å²) < 4.78 is 0. The van der Waals surface area contributed by atoms with Gasteiger partial charge in [0.25, 0.3) is 0 Å². The van der Waals surface area contributed by atoms with Gasteiger partial charge in [-0.25, -0.2) is 0 Å². The molecule has 1 nitrogen and oxygen atoms in total. The zero-order valence-corrected chi connectivity index (χ0v) is 5.65. The SMILES string of the molecule is C=[Si]1[B]N(C)CC1. The highest BCUT2D eigenvalue weighted by atomic mass is 28.2. The first-order valence-electron chi connectivity index (χ1n) is 2.52. The second-order valence-electron chi connectivity index (χ2n) is 2.02. The molecule has 7 heavy (non-hydrogen) atoms. The maximum Gasteiger partial charge on any atom is 0.217 e. The van der Waals surface area contributed by atoms with Crippen molar-refractivity contribution in [3.8, 4) is 0 Å². The summed E-state index contributed by atoms with van der Waals surface area (Å²) in [5.41, 5.74) is 0. The van der Waals surface area contributed by atoms with Crippen molar-refractivity contribution in [1.82, 2.24) is 4.81 Å². The monoisotopic (exact) mass is 110 g/mol. The number of nitrogens with zero attached hydrogens (tertiary/aromatic N) is 1. The van der Waals surface area contributed by atoms with Gasteiger partial charge in [-0.15, -0.1) is 6.17 Å². The zero-order chi connectivity index (χ0) is 5.28. The summed E-state index contributed by atoms with van der Waals surface area (Å²) in [4.78, 5) is 2.24. The van der Waals surface area contributed by atoms with Crippen molar-refractivity contribution in [2.24, 2.45) is 0 Å². The normalized spacial score (nSPS) is 22.7. The van der Waals surface area contributed by atoms with Crippen LogP contribution in [0.15, 0.2) is 0 Å². The molecule has 0 amide bonds. The second kappa shape index (κ2) is 1.92. The molecule has 0 spiro atoms. The van der Waals surface area contributed by atoms with Crippen LogP contribution in [-0.2, 0) is 0 Å². The van der Waals surface area contributed by atoms with Gasteiger partial charge in [0.2, 0.25) is 7.01 Å². The van der Waals surface area contributed by atoms with Gasteiger partial charge >= 0.3 is 0 Å².